The van der Waals surface area contributed by atoms with Crippen LogP contribution in [0.1, 0.15) is 31.2 Å². The average Bonchev–Trinajstić information content (AvgIpc) is 2.66. The third kappa shape index (κ3) is 4.26. The number of rotatable bonds is 2. The smallest absolute Gasteiger partial charge is 0.246 e. The number of halogens is 2. The normalized spacial score (nSPS) is 16.6. The van der Waals surface area contributed by atoms with Gasteiger partial charge in [-0.1, -0.05) is 42.1 Å². The standard InChI is InChI=1S/C15H17Cl2NO/c16-13-7-5-12(14(17)11-13)6-8-15(19)18-9-3-1-2-4-10-18/h5-8,11H,1-4,9-10H2. The van der Waals surface area contributed by atoms with Gasteiger partial charge in [0.05, 0.1) is 0 Å². The fourth-order valence-corrected chi connectivity index (χ4v) is 2.67. The first-order valence-electron chi connectivity index (χ1n) is 6.59. The van der Waals surface area contributed by atoms with Crippen LogP contribution < -0.4 is 0 Å². The molecule has 102 valence electrons. The van der Waals surface area contributed by atoms with Crippen molar-refractivity contribution in [1.29, 1.82) is 0 Å². The molecule has 0 saturated carbocycles. The van der Waals surface area contributed by atoms with Gasteiger partial charge in [-0.15, -0.1) is 0 Å². The number of likely N-dealkylation sites (tertiary alicyclic amines) is 1. The molecule has 1 amide bonds. The Bertz CT molecular complexity index is 477. The first-order chi connectivity index (χ1) is 9.16. The molecule has 0 aliphatic carbocycles. The third-order valence-electron chi connectivity index (χ3n) is 3.29. The Morgan fingerprint density at radius 1 is 1.11 bits per heavy atom. The second-order valence-corrected chi connectivity index (χ2v) is 5.58. The molecule has 2 nitrogen and oxygen atoms in total. The van der Waals surface area contributed by atoms with Crippen LogP contribution in [0.15, 0.2) is 24.3 Å². The third-order valence-corrected chi connectivity index (χ3v) is 3.85. The van der Waals surface area contributed by atoms with Crippen LogP contribution in [-0.4, -0.2) is 23.9 Å². The van der Waals surface area contributed by atoms with Crippen molar-refractivity contribution in [3.63, 3.8) is 0 Å². The van der Waals surface area contributed by atoms with Crippen LogP contribution in [0.4, 0.5) is 0 Å². The number of hydrogen-bond donors (Lipinski definition) is 0. The van der Waals surface area contributed by atoms with Gasteiger partial charge in [0.2, 0.25) is 5.91 Å². The van der Waals surface area contributed by atoms with Crippen LogP contribution in [0.2, 0.25) is 10.0 Å². The lowest BCUT2D eigenvalue weighted by Crippen LogP contribution is -2.30. The molecule has 1 fully saturated rings. The summed E-state index contributed by atoms with van der Waals surface area (Å²) >= 11 is 11.9. The van der Waals surface area contributed by atoms with Crippen molar-refractivity contribution in [2.75, 3.05) is 13.1 Å². The Hall–Kier alpha value is -0.990. The lowest BCUT2D eigenvalue weighted by molar-refractivity contribution is -0.125. The number of amides is 1. The molecule has 0 atom stereocenters. The Morgan fingerprint density at radius 2 is 1.79 bits per heavy atom. The summed E-state index contributed by atoms with van der Waals surface area (Å²) < 4.78 is 0. The summed E-state index contributed by atoms with van der Waals surface area (Å²) in [5.74, 6) is 0.0629. The molecule has 0 bridgehead atoms. The van der Waals surface area contributed by atoms with Gasteiger partial charge in [0.15, 0.2) is 0 Å². The largest absolute Gasteiger partial charge is 0.339 e. The van der Waals surface area contributed by atoms with Gasteiger partial charge in [0.1, 0.15) is 0 Å². The number of nitrogens with zero attached hydrogens (tertiary/aromatic N) is 1. The maximum absolute atomic E-state index is 12.1. The monoisotopic (exact) mass is 297 g/mol. The highest BCUT2D eigenvalue weighted by Gasteiger charge is 2.12. The maximum Gasteiger partial charge on any atom is 0.246 e. The average molecular weight is 298 g/mol. The van der Waals surface area contributed by atoms with E-state index in [0.29, 0.717) is 10.0 Å². The SMILES string of the molecule is O=C(C=Cc1ccc(Cl)cc1Cl)N1CCCCCC1. The quantitative estimate of drug-likeness (QED) is 0.741. The minimum atomic E-state index is 0.0629. The molecule has 0 spiro atoms. The first-order valence-corrected chi connectivity index (χ1v) is 7.34. The predicted molar refractivity (Wildman–Crippen MR) is 80.5 cm³/mol. The molecule has 4 heteroatoms. The lowest BCUT2D eigenvalue weighted by atomic mass is 10.2. The van der Waals surface area contributed by atoms with Gasteiger partial charge in [-0.05, 0) is 36.6 Å². The fourth-order valence-electron chi connectivity index (χ4n) is 2.19. The van der Waals surface area contributed by atoms with E-state index < -0.39 is 0 Å². The van der Waals surface area contributed by atoms with E-state index in [1.807, 2.05) is 11.0 Å². The number of hydrogen-bond acceptors (Lipinski definition) is 1. The van der Waals surface area contributed by atoms with Crippen LogP contribution in [0.5, 0.6) is 0 Å². The molecule has 1 aromatic rings. The summed E-state index contributed by atoms with van der Waals surface area (Å²) in [6.45, 7) is 1.72. The zero-order chi connectivity index (χ0) is 13.7. The molecule has 19 heavy (non-hydrogen) atoms. The molecular formula is C15H17Cl2NO. The summed E-state index contributed by atoms with van der Waals surface area (Å²) in [4.78, 5) is 14.0. The highest BCUT2D eigenvalue weighted by Crippen LogP contribution is 2.22. The molecule has 0 unspecified atom stereocenters. The maximum atomic E-state index is 12.1. The van der Waals surface area contributed by atoms with Gasteiger partial charge in [-0.3, -0.25) is 4.79 Å². The van der Waals surface area contributed by atoms with E-state index in [9.17, 15) is 4.79 Å². The van der Waals surface area contributed by atoms with Crippen molar-refractivity contribution >= 4 is 35.2 Å². The van der Waals surface area contributed by atoms with Gasteiger partial charge in [0.25, 0.3) is 0 Å². The zero-order valence-electron chi connectivity index (χ0n) is 10.7. The molecule has 0 radical (unpaired) electrons. The Kier molecular flexibility index (Phi) is 5.29. The molecule has 0 aromatic heterocycles. The second kappa shape index (κ2) is 6.97. The summed E-state index contributed by atoms with van der Waals surface area (Å²) in [5.41, 5.74) is 0.814. The molecule has 0 N–H and O–H groups in total. The van der Waals surface area contributed by atoms with Crippen LogP contribution in [0, 0.1) is 0 Å². The lowest BCUT2D eigenvalue weighted by Gasteiger charge is -2.18. The number of carbonyl (C=O) groups is 1. The molecular weight excluding hydrogens is 281 g/mol. The molecule has 1 aliphatic rings. The first kappa shape index (κ1) is 14.4. The van der Waals surface area contributed by atoms with E-state index in [1.54, 1.807) is 24.3 Å². The van der Waals surface area contributed by atoms with E-state index >= 15 is 0 Å². The summed E-state index contributed by atoms with van der Waals surface area (Å²) in [5, 5.41) is 1.16. The minimum absolute atomic E-state index is 0.0629. The van der Waals surface area contributed by atoms with Crippen molar-refractivity contribution < 1.29 is 4.79 Å². The number of benzene rings is 1. The van der Waals surface area contributed by atoms with Crippen molar-refractivity contribution in [3.05, 3.63) is 39.9 Å². The van der Waals surface area contributed by atoms with Crippen molar-refractivity contribution in [2.45, 2.75) is 25.7 Å². The summed E-state index contributed by atoms with van der Waals surface area (Å²) in [6, 6.07) is 5.26. The topological polar surface area (TPSA) is 20.3 Å². The van der Waals surface area contributed by atoms with Gasteiger partial charge in [0, 0.05) is 29.2 Å². The van der Waals surface area contributed by atoms with Crippen molar-refractivity contribution in [1.82, 2.24) is 4.90 Å². The van der Waals surface area contributed by atoms with E-state index in [0.717, 1.165) is 31.5 Å². The van der Waals surface area contributed by atoms with Crippen molar-refractivity contribution in [3.8, 4) is 0 Å². The Balaban J connectivity index is 2.02. The van der Waals surface area contributed by atoms with Crippen LogP contribution in [0.3, 0.4) is 0 Å². The summed E-state index contributed by atoms with van der Waals surface area (Å²) in [7, 11) is 0. The fraction of sp³-hybridized carbons (Fsp3) is 0.400. The van der Waals surface area contributed by atoms with E-state index in [2.05, 4.69) is 0 Å². The molecule has 1 aliphatic heterocycles. The molecule has 1 saturated heterocycles. The molecule has 2 rings (SSSR count). The second-order valence-electron chi connectivity index (χ2n) is 4.74. The van der Waals surface area contributed by atoms with Crippen LogP contribution >= 0.6 is 23.2 Å². The highest BCUT2D eigenvalue weighted by molar-refractivity contribution is 6.35. The number of carbonyl (C=O) groups excluding carboxylic acids is 1. The summed E-state index contributed by atoms with van der Waals surface area (Å²) in [6.07, 6.45) is 7.99. The molecule has 1 aromatic carbocycles. The van der Waals surface area contributed by atoms with Gasteiger partial charge in [-0.25, -0.2) is 0 Å². The van der Waals surface area contributed by atoms with Crippen LogP contribution in [-0.2, 0) is 4.79 Å². The van der Waals surface area contributed by atoms with E-state index in [4.69, 9.17) is 23.2 Å². The molecule has 1 heterocycles. The van der Waals surface area contributed by atoms with Gasteiger partial charge < -0.3 is 4.90 Å². The highest BCUT2D eigenvalue weighted by atomic mass is 35.5. The Labute approximate surface area is 124 Å². The predicted octanol–water partition coefficient (Wildman–Crippen LogP) is 4.41. The van der Waals surface area contributed by atoms with E-state index in [1.165, 1.54) is 12.8 Å². The van der Waals surface area contributed by atoms with Gasteiger partial charge in [-0.2, -0.15) is 0 Å². The zero-order valence-corrected chi connectivity index (χ0v) is 12.3. The van der Waals surface area contributed by atoms with E-state index in [-0.39, 0.29) is 5.91 Å². The Morgan fingerprint density at radius 3 is 2.42 bits per heavy atom. The minimum Gasteiger partial charge on any atom is -0.339 e. The van der Waals surface area contributed by atoms with Crippen molar-refractivity contribution in [2.24, 2.45) is 0 Å². The van der Waals surface area contributed by atoms with Gasteiger partial charge >= 0.3 is 0 Å². The van der Waals surface area contributed by atoms with Crippen LogP contribution in [0.25, 0.3) is 6.08 Å².